The van der Waals surface area contributed by atoms with E-state index in [0.717, 1.165) is 25.7 Å². The van der Waals surface area contributed by atoms with Crippen molar-refractivity contribution < 1.29 is 17.9 Å². The lowest BCUT2D eigenvalue weighted by molar-refractivity contribution is -0.274. The van der Waals surface area contributed by atoms with Gasteiger partial charge in [-0.2, -0.15) is 0 Å². The summed E-state index contributed by atoms with van der Waals surface area (Å²) in [6.07, 6.45) is 0.178. The molecule has 0 aliphatic carbocycles. The number of aryl methyl sites for hydroxylation is 1. The quantitative estimate of drug-likeness (QED) is 0.660. The number of rotatable bonds is 6. The maximum atomic E-state index is 12.1. The maximum Gasteiger partial charge on any atom is 0.573 e. The first-order chi connectivity index (χ1) is 8.03. The van der Waals surface area contributed by atoms with Crippen LogP contribution in [0.15, 0.2) is 24.3 Å². The number of halogens is 3. The van der Waals surface area contributed by atoms with E-state index in [1.807, 2.05) is 0 Å². The minimum Gasteiger partial charge on any atom is -0.406 e. The summed E-state index contributed by atoms with van der Waals surface area (Å²) in [6, 6.07) is 6.34. The lowest BCUT2D eigenvalue weighted by Gasteiger charge is -2.12. The molecule has 4 heteroatoms. The standard InChI is InChI=1S/C13H17F3O/c1-2-3-4-5-8-11-9-6-7-10-12(11)17-13(14,15)16/h6-7,9-10H,2-5,8H2,1H3. The minimum atomic E-state index is -4.61. The molecule has 0 saturated heterocycles. The Kier molecular flexibility index (Phi) is 5.32. The van der Waals surface area contributed by atoms with Gasteiger partial charge in [-0.15, -0.1) is 13.2 Å². The number of benzene rings is 1. The van der Waals surface area contributed by atoms with Gasteiger partial charge in [-0.05, 0) is 24.5 Å². The Hall–Kier alpha value is -1.19. The van der Waals surface area contributed by atoms with Crippen molar-refractivity contribution in [2.45, 2.75) is 45.4 Å². The monoisotopic (exact) mass is 246 g/mol. The van der Waals surface area contributed by atoms with Gasteiger partial charge in [0.1, 0.15) is 5.75 Å². The molecule has 0 saturated carbocycles. The second-order valence-electron chi connectivity index (χ2n) is 3.97. The molecule has 0 fully saturated rings. The van der Waals surface area contributed by atoms with Crippen LogP contribution in [0, 0.1) is 0 Å². The van der Waals surface area contributed by atoms with E-state index in [4.69, 9.17) is 0 Å². The van der Waals surface area contributed by atoms with Crippen molar-refractivity contribution >= 4 is 0 Å². The van der Waals surface area contributed by atoms with Gasteiger partial charge in [-0.25, -0.2) is 0 Å². The van der Waals surface area contributed by atoms with E-state index in [1.54, 1.807) is 18.2 Å². The van der Waals surface area contributed by atoms with Crippen molar-refractivity contribution in [2.24, 2.45) is 0 Å². The molecule has 0 unspecified atom stereocenters. The van der Waals surface area contributed by atoms with E-state index in [0.29, 0.717) is 12.0 Å². The molecule has 0 aromatic heterocycles. The van der Waals surface area contributed by atoms with Crippen LogP contribution in [-0.4, -0.2) is 6.36 Å². The molecule has 1 rings (SSSR count). The number of unbranched alkanes of at least 4 members (excludes halogenated alkanes) is 3. The molecule has 96 valence electrons. The van der Waals surface area contributed by atoms with Crippen molar-refractivity contribution in [1.82, 2.24) is 0 Å². The molecular formula is C13H17F3O. The third-order valence-corrected chi connectivity index (χ3v) is 2.50. The van der Waals surface area contributed by atoms with E-state index in [9.17, 15) is 13.2 Å². The summed E-state index contributed by atoms with van der Waals surface area (Å²) in [4.78, 5) is 0. The Bertz CT molecular complexity index is 334. The summed E-state index contributed by atoms with van der Waals surface area (Å²) < 4.78 is 40.4. The van der Waals surface area contributed by atoms with Crippen molar-refractivity contribution in [3.8, 4) is 5.75 Å². The third kappa shape index (κ3) is 5.61. The molecule has 1 aromatic rings. The average molecular weight is 246 g/mol. The van der Waals surface area contributed by atoms with Gasteiger partial charge in [0.05, 0.1) is 0 Å². The lowest BCUT2D eigenvalue weighted by atomic mass is 10.1. The fourth-order valence-electron chi connectivity index (χ4n) is 1.68. The molecule has 1 nitrogen and oxygen atoms in total. The number of para-hydroxylation sites is 1. The number of hydrogen-bond acceptors (Lipinski definition) is 1. The SMILES string of the molecule is CCCCCCc1ccccc1OC(F)(F)F. The molecule has 0 spiro atoms. The van der Waals surface area contributed by atoms with Gasteiger partial charge in [0.2, 0.25) is 0 Å². The molecule has 0 bridgehead atoms. The van der Waals surface area contributed by atoms with Gasteiger partial charge < -0.3 is 4.74 Å². The fourth-order valence-corrected chi connectivity index (χ4v) is 1.68. The predicted molar refractivity (Wildman–Crippen MR) is 61.0 cm³/mol. The summed E-state index contributed by atoms with van der Waals surface area (Å²) in [7, 11) is 0. The van der Waals surface area contributed by atoms with Crippen LogP contribution in [0.4, 0.5) is 13.2 Å². The zero-order chi connectivity index (χ0) is 12.7. The molecule has 0 heterocycles. The van der Waals surface area contributed by atoms with Crippen LogP contribution in [0.3, 0.4) is 0 Å². The minimum absolute atomic E-state index is 0.0727. The second-order valence-corrected chi connectivity index (χ2v) is 3.97. The molecule has 0 aliphatic heterocycles. The Morgan fingerprint density at radius 2 is 1.76 bits per heavy atom. The van der Waals surface area contributed by atoms with Gasteiger partial charge in [0, 0.05) is 0 Å². The Balaban J connectivity index is 2.58. The van der Waals surface area contributed by atoms with E-state index in [2.05, 4.69) is 11.7 Å². The van der Waals surface area contributed by atoms with E-state index in [-0.39, 0.29) is 5.75 Å². The fraction of sp³-hybridized carbons (Fsp3) is 0.538. The predicted octanol–water partition coefficient (Wildman–Crippen LogP) is 4.71. The normalized spacial score (nSPS) is 11.5. The second kappa shape index (κ2) is 6.52. The van der Waals surface area contributed by atoms with Crippen molar-refractivity contribution in [3.63, 3.8) is 0 Å². The van der Waals surface area contributed by atoms with Crippen LogP contribution in [0.5, 0.6) is 5.75 Å². The summed E-state index contributed by atoms with van der Waals surface area (Å²) in [5.74, 6) is -0.0727. The molecule has 0 radical (unpaired) electrons. The topological polar surface area (TPSA) is 9.23 Å². The van der Waals surface area contributed by atoms with E-state index < -0.39 is 6.36 Å². The number of alkyl halides is 3. The van der Waals surface area contributed by atoms with Gasteiger partial charge in [0.15, 0.2) is 0 Å². The van der Waals surface area contributed by atoms with E-state index >= 15 is 0 Å². The molecule has 0 N–H and O–H groups in total. The Morgan fingerprint density at radius 1 is 1.06 bits per heavy atom. The molecular weight excluding hydrogens is 229 g/mol. The number of ether oxygens (including phenoxy) is 1. The third-order valence-electron chi connectivity index (χ3n) is 2.50. The highest BCUT2D eigenvalue weighted by Crippen LogP contribution is 2.27. The van der Waals surface area contributed by atoms with Gasteiger partial charge in [-0.1, -0.05) is 44.4 Å². The van der Waals surface area contributed by atoms with Crippen molar-refractivity contribution in [2.75, 3.05) is 0 Å². The highest BCUT2D eigenvalue weighted by molar-refractivity contribution is 5.33. The summed E-state index contributed by atoms with van der Waals surface area (Å²) in [5.41, 5.74) is 0.626. The lowest BCUT2D eigenvalue weighted by Crippen LogP contribution is -2.18. The van der Waals surface area contributed by atoms with Crippen LogP contribution >= 0.6 is 0 Å². The molecule has 1 aromatic carbocycles. The van der Waals surface area contributed by atoms with Crippen LogP contribution in [0.1, 0.15) is 38.2 Å². The maximum absolute atomic E-state index is 12.1. The van der Waals surface area contributed by atoms with Gasteiger partial charge in [-0.3, -0.25) is 0 Å². The first kappa shape index (κ1) is 13.9. The van der Waals surface area contributed by atoms with Gasteiger partial charge >= 0.3 is 6.36 Å². The highest BCUT2D eigenvalue weighted by atomic mass is 19.4. The largest absolute Gasteiger partial charge is 0.573 e. The number of hydrogen-bond donors (Lipinski definition) is 0. The van der Waals surface area contributed by atoms with Crippen LogP contribution in [0.25, 0.3) is 0 Å². The summed E-state index contributed by atoms with van der Waals surface area (Å²) >= 11 is 0. The first-order valence-electron chi connectivity index (χ1n) is 5.86. The zero-order valence-corrected chi connectivity index (χ0v) is 9.89. The zero-order valence-electron chi connectivity index (χ0n) is 9.89. The molecule has 17 heavy (non-hydrogen) atoms. The van der Waals surface area contributed by atoms with Crippen molar-refractivity contribution in [1.29, 1.82) is 0 Å². The molecule has 0 aliphatic rings. The average Bonchev–Trinajstić information content (AvgIpc) is 2.24. The first-order valence-corrected chi connectivity index (χ1v) is 5.86. The summed E-state index contributed by atoms with van der Waals surface area (Å²) in [6.45, 7) is 2.10. The Morgan fingerprint density at radius 3 is 2.41 bits per heavy atom. The Labute approximate surface area is 99.6 Å². The van der Waals surface area contributed by atoms with Gasteiger partial charge in [0.25, 0.3) is 0 Å². The van der Waals surface area contributed by atoms with Crippen LogP contribution in [0.2, 0.25) is 0 Å². The smallest absolute Gasteiger partial charge is 0.406 e. The van der Waals surface area contributed by atoms with Crippen LogP contribution < -0.4 is 4.74 Å². The van der Waals surface area contributed by atoms with Crippen LogP contribution in [-0.2, 0) is 6.42 Å². The molecule has 0 atom stereocenters. The highest BCUT2D eigenvalue weighted by Gasteiger charge is 2.31. The van der Waals surface area contributed by atoms with E-state index in [1.165, 1.54) is 6.07 Å². The molecule has 0 amide bonds. The van der Waals surface area contributed by atoms with Crippen molar-refractivity contribution in [3.05, 3.63) is 29.8 Å². The summed E-state index contributed by atoms with van der Waals surface area (Å²) in [5, 5.41) is 0.